The fraction of sp³-hybridized carbons (Fsp3) is 0.581. The van der Waals surface area contributed by atoms with Crippen LogP contribution in [-0.4, -0.2) is 68.0 Å². The second-order valence-corrected chi connectivity index (χ2v) is 14.3. The third-order valence-electron chi connectivity index (χ3n) is 7.67. The number of likely N-dealkylation sites (tertiary alicyclic amines) is 1. The summed E-state index contributed by atoms with van der Waals surface area (Å²) in [5, 5.41) is 0. The largest absolute Gasteiger partial charge is 0.493 e. The van der Waals surface area contributed by atoms with Crippen LogP contribution in [-0.2, 0) is 22.2 Å². The van der Waals surface area contributed by atoms with Crippen LogP contribution in [0.5, 0.6) is 28.7 Å². The lowest BCUT2D eigenvalue weighted by molar-refractivity contribution is -0.138. The van der Waals surface area contributed by atoms with Crippen LogP contribution in [0.1, 0.15) is 44.7 Å². The molecule has 0 spiro atoms. The fourth-order valence-corrected chi connectivity index (χ4v) is 6.70. The van der Waals surface area contributed by atoms with Gasteiger partial charge in [-0.2, -0.15) is 0 Å². The molecule has 2 atom stereocenters. The van der Waals surface area contributed by atoms with Crippen LogP contribution in [0.2, 0.25) is 13.1 Å². The number of ether oxygens (including phenoxy) is 5. The van der Waals surface area contributed by atoms with Gasteiger partial charge in [0.15, 0.2) is 32.0 Å². The molecule has 1 aliphatic rings. The summed E-state index contributed by atoms with van der Waals surface area (Å²) >= 11 is 0. The maximum absolute atomic E-state index is 14.4. The van der Waals surface area contributed by atoms with Gasteiger partial charge in [0.1, 0.15) is 0 Å². The topological polar surface area (TPSA) is 75.7 Å². The van der Waals surface area contributed by atoms with E-state index in [1.807, 2.05) is 35.2 Å². The molecule has 0 saturated carbocycles. The molecule has 2 unspecified atom stereocenters. The van der Waals surface area contributed by atoms with E-state index < -0.39 is 14.5 Å². The van der Waals surface area contributed by atoms with E-state index in [0.717, 1.165) is 17.5 Å². The van der Waals surface area contributed by atoms with Crippen LogP contribution in [0.25, 0.3) is 0 Å². The minimum Gasteiger partial charge on any atom is -0.493 e. The molecule has 3 rings (SSSR count). The van der Waals surface area contributed by atoms with Crippen LogP contribution < -0.4 is 23.7 Å². The number of rotatable bonds is 13. The van der Waals surface area contributed by atoms with Crippen LogP contribution in [0.3, 0.4) is 0 Å². The molecule has 0 N–H and O–H groups in total. The zero-order chi connectivity index (χ0) is 29.7. The Balaban J connectivity index is 2.00. The minimum atomic E-state index is -1.35. The van der Waals surface area contributed by atoms with Crippen molar-refractivity contribution in [3.05, 3.63) is 41.5 Å². The highest BCUT2D eigenvalue weighted by atomic mass is 28.3. The molecule has 8 nitrogen and oxygen atoms in total. The predicted octanol–water partition coefficient (Wildman–Crippen LogP) is 5.50. The molecule has 2 aromatic rings. The molecule has 222 valence electrons. The molecular formula is C31H47NO7Si. The third kappa shape index (κ3) is 7.04. The Hall–Kier alpha value is -2.91. The maximum Gasteiger partial charge on any atom is 0.229 e. The van der Waals surface area contributed by atoms with E-state index in [4.69, 9.17) is 28.1 Å². The van der Waals surface area contributed by atoms with Gasteiger partial charge in [0.25, 0.3) is 0 Å². The predicted molar refractivity (Wildman–Crippen MR) is 160 cm³/mol. The van der Waals surface area contributed by atoms with Crippen LogP contribution in [0.4, 0.5) is 0 Å². The molecule has 0 bridgehead atoms. The number of carbonyl (C=O) groups is 1. The standard InChI is InChI=1S/C31H47NO7Si/c1-30(2,3)27(39-40(9)10)19-31(18-21-11-12-23(34-4)24(15-21)35-5)13-14-32(29(31)33)20-22-16-25(36-6)28(38-8)26(17-22)37-7/h11-12,15-17,27,40H,13-14,18-20H2,1-10H3. The van der Waals surface area contributed by atoms with Crippen molar-refractivity contribution in [1.82, 2.24) is 4.90 Å². The first-order valence-electron chi connectivity index (χ1n) is 13.9. The monoisotopic (exact) mass is 573 g/mol. The first kappa shape index (κ1) is 31.6. The van der Waals surface area contributed by atoms with E-state index >= 15 is 0 Å². The molecule has 9 heteroatoms. The van der Waals surface area contributed by atoms with E-state index in [0.29, 0.717) is 54.7 Å². The Morgan fingerprint density at radius 1 is 0.850 bits per heavy atom. The summed E-state index contributed by atoms with van der Waals surface area (Å²) in [4.78, 5) is 16.4. The summed E-state index contributed by atoms with van der Waals surface area (Å²) in [6.07, 6.45) is 1.94. The average molecular weight is 574 g/mol. The van der Waals surface area contributed by atoms with Crippen molar-refractivity contribution in [3.8, 4) is 28.7 Å². The lowest BCUT2D eigenvalue weighted by Gasteiger charge is -2.39. The smallest absolute Gasteiger partial charge is 0.229 e. The van der Waals surface area contributed by atoms with Crippen molar-refractivity contribution in [2.75, 3.05) is 42.1 Å². The van der Waals surface area contributed by atoms with Gasteiger partial charge in [0.05, 0.1) is 47.1 Å². The number of benzene rings is 2. The number of methoxy groups -OCH3 is 5. The molecule has 1 heterocycles. The van der Waals surface area contributed by atoms with Gasteiger partial charge in [-0.05, 0) is 73.2 Å². The van der Waals surface area contributed by atoms with Crippen molar-refractivity contribution < 1.29 is 32.9 Å². The van der Waals surface area contributed by atoms with Crippen LogP contribution in [0, 0.1) is 10.8 Å². The van der Waals surface area contributed by atoms with Gasteiger partial charge < -0.3 is 33.0 Å². The zero-order valence-corrected chi connectivity index (χ0v) is 27.0. The summed E-state index contributed by atoms with van der Waals surface area (Å²) in [6, 6.07) is 9.75. The van der Waals surface area contributed by atoms with Crippen molar-refractivity contribution >= 4 is 14.9 Å². The molecule has 1 aliphatic heterocycles. The van der Waals surface area contributed by atoms with E-state index in [-0.39, 0.29) is 17.4 Å². The van der Waals surface area contributed by atoms with Crippen molar-refractivity contribution in [1.29, 1.82) is 0 Å². The van der Waals surface area contributed by atoms with Gasteiger partial charge in [0, 0.05) is 13.1 Å². The quantitative estimate of drug-likeness (QED) is 0.293. The van der Waals surface area contributed by atoms with E-state index in [1.54, 1.807) is 35.5 Å². The Kier molecular flexibility index (Phi) is 10.4. The summed E-state index contributed by atoms with van der Waals surface area (Å²) in [7, 11) is 6.69. The highest BCUT2D eigenvalue weighted by Crippen LogP contribution is 2.46. The number of hydrogen-bond donors (Lipinski definition) is 0. The first-order valence-corrected chi connectivity index (χ1v) is 16.6. The number of amides is 1. The maximum atomic E-state index is 14.4. The molecule has 1 amide bonds. The molecule has 0 aromatic heterocycles. The van der Waals surface area contributed by atoms with Crippen molar-refractivity contribution in [3.63, 3.8) is 0 Å². The SMILES string of the molecule is COc1ccc(CC2(CC(O[SiH](C)C)C(C)(C)C)CCN(Cc3cc(OC)c(OC)c(OC)c3)C2=O)cc1OC. The zero-order valence-electron chi connectivity index (χ0n) is 25.9. The molecule has 1 fully saturated rings. The second kappa shape index (κ2) is 13.2. The number of hydrogen-bond acceptors (Lipinski definition) is 7. The highest BCUT2D eigenvalue weighted by molar-refractivity contribution is 6.48. The Labute approximate surface area is 241 Å². The average Bonchev–Trinajstić information content (AvgIpc) is 3.20. The van der Waals surface area contributed by atoms with Crippen molar-refractivity contribution in [2.24, 2.45) is 10.8 Å². The van der Waals surface area contributed by atoms with E-state index in [1.165, 1.54) is 0 Å². The summed E-state index contributed by atoms with van der Waals surface area (Å²) < 4.78 is 34.2. The normalized spacial score (nSPS) is 18.2. The lowest BCUT2D eigenvalue weighted by Crippen LogP contribution is -2.43. The molecule has 40 heavy (non-hydrogen) atoms. The molecule has 0 aliphatic carbocycles. The second-order valence-electron chi connectivity index (χ2n) is 11.9. The first-order chi connectivity index (χ1) is 18.9. The van der Waals surface area contributed by atoms with Gasteiger partial charge in [-0.3, -0.25) is 4.79 Å². The molecular weight excluding hydrogens is 526 g/mol. The van der Waals surface area contributed by atoms with Gasteiger partial charge in [-0.15, -0.1) is 0 Å². The van der Waals surface area contributed by atoms with Gasteiger partial charge in [0.2, 0.25) is 11.7 Å². The summed E-state index contributed by atoms with van der Waals surface area (Å²) in [6.45, 7) is 12.1. The highest BCUT2D eigenvalue weighted by Gasteiger charge is 2.49. The Morgan fingerprint density at radius 3 is 1.93 bits per heavy atom. The molecule has 0 radical (unpaired) electrons. The van der Waals surface area contributed by atoms with E-state index in [9.17, 15) is 4.79 Å². The lowest BCUT2D eigenvalue weighted by atomic mass is 9.71. The third-order valence-corrected chi connectivity index (χ3v) is 8.54. The summed E-state index contributed by atoms with van der Waals surface area (Å²) in [5.41, 5.74) is 1.24. The van der Waals surface area contributed by atoms with Crippen LogP contribution >= 0.6 is 0 Å². The molecule has 2 aromatic carbocycles. The molecule has 1 saturated heterocycles. The van der Waals surface area contributed by atoms with Gasteiger partial charge in [-0.1, -0.05) is 26.8 Å². The van der Waals surface area contributed by atoms with Crippen molar-refractivity contribution in [2.45, 2.75) is 65.8 Å². The Bertz CT molecular complexity index is 1140. The van der Waals surface area contributed by atoms with Gasteiger partial charge >= 0.3 is 0 Å². The number of nitrogens with zero attached hydrogens (tertiary/aromatic N) is 1. The summed E-state index contributed by atoms with van der Waals surface area (Å²) in [5.74, 6) is 3.15. The fourth-order valence-electron chi connectivity index (χ4n) is 5.54. The van der Waals surface area contributed by atoms with Crippen LogP contribution in [0.15, 0.2) is 30.3 Å². The number of carbonyl (C=O) groups excluding carboxylic acids is 1. The van der Waals surface area contributed by atoms with E-state index in [2.05, 4.69) is 33.9 Å². The minimum absolute atomic E-state index is 0.0376. The van der Waals surface area contributed by atoms with Gasteiger partial charge in [-0.25, -0.2) is 0 Å². The Morgan fingerprint density at radius 2 is 1.43 bits per heavy atom.